The molecule has 1 unspecified atom stereocenters. The average molecular weight is 650 g/mol. The second-order valence-electron chi connectivity index (χ2n) is 9.93. The van der Waals surface area contributed by atoms with Gasteiger partial charge < -0.3 is 18.9 Å². The summed E-state index contributed by atoms with van der Waals surface area (Å²) in [6.45, 7) is 18.0. The van der Waals surface area contributed by atoms with Crippen molar-refractivity contribution in [3.63, 3.8) is 0 Å². The Balaban J connectivity index is 0.00000152. The molecule has 3 heterocycles. The van der Waals surface area contributed by atoms with Crippen molar-refractivity contribution < 1.29 is 33.7 Å². The van der Waals surface area contributed by atoms with Crippen LogP contribution in [0.25, 0.3) is 11.1 Å². The monoisotopic (exact) mass is 649 g/mol. The number of halogens is 5. The van der Waals surface area contributed by atoms with Crippen molar-refractivity contribution >= 4 is 16.3 Å². The Kier molecular flexibility index (Phi) is 12.6. The molecule has 248 valence electrons. The van der Waals surface area contributed by atoms with E-state index >= 15 is 0 Å². The van der Waals surface area contributed by atoms with E-state index < -0.39 is 26.8 Å². The number of aromatic nitrogens is 2. The van der Waals surface area contributed by atoms with Gasteiger partial charge in [0.2, 0.25) is 5.88 Å². The highest BCUT2D eigenvalue weighted by Crippen LogP contribution is 3.02. The van der Waals surface area contributed by atoms with Crippen LogP contribution in [-0.4, -0.2) is 39.2 Å². The average Bonchev–Trinajstić information content (AvgIpc) is 3.46. The quantitative estimate of drug-likeness (QED) is 0.257. The smallest absolute Gasteiger partial charge is 0.410 e. The van der Waals surface area contributed by atoms with Gasteiger partial charge in [-0.2, -0.15) is 0 Å². The SMILES string of the molecule is CC.CC.CC.CC(C)(C)OC(=O)N1CCC(n2cc(-c3cccnc3Oc3ccc(S(F)(F)(F)(F)F)cc3)ccc2=O)C1. The number of amides is 1. The van der Waals surface area contributed by atoms with Crippen molar-refractivity contribution in [2.45, 2.75) is 85.3 Å². The van der Waals surface area contributed by atoms with Gasteiger partial charge in [0.25, 0.3) is 5.56 Å². The summed E-state index contributed by atoms with van der Waals surface area (Å²) in [5.41, 5.74) is -0.00686. The van der Waals surface area contributed by atoms with Crippen LogP contribution in [0.5, 0.6) is 11.6 Å². The van der Waals surface area contributed by atoms with Crippen molar-refractivity contribution in [1.82, 2.24) is 14.5 Å². The number of pyridine rings is 2. The molecule has 0 spiro atoms. The first-order chi connectivity index (χ1) is 20.4. The second-order valence-corrected chi connectivity index (χ2v) is 12.3. The van der Waals surface area contributed by atoms with Gasteiger partial charge in [-0.15, -0.1) is 0 Å². The summed E-state index contributed by atoms with van der Waals surface area (Å²) in [7, 11) is -9.81. The number of ether oxygens (including phenoxy) is 2. The Morgan fingerprint density at radius 3 is 2.05 bits per heavy atom. The fourth-order valence-electron chi connectivity index (χ4n) is 3.98. The summed E-state index contributed by atoms with van der Waals surface area (Å²) < 4.78 is 77.6. The Labute approximate surface area is 256 Å². The van der Waals surface area contributed by atoms with Gasteiger partial charge in [-0.05, 0) is 69.7 Å². The molecule has 4 rings (SSSR count). The lowest BCUT2D eigenvalue weighted by Gasteiger charge is -2.40. The highest BCUT2D eigenvalue weighted by Gasteiger charge is 2.65. The molecule has 1 aromatic carbocycles. The number of rotatable bonds is 5. The number of hydrogen-bond donors (Lipinski definition) is 0. The minimum absolute atomic E-state index is 0.000377. The van der Waals surface area contributed by atoms with Gasteiger partial charge in [-0.3, -0.25) is 4.79 Å². The highest BCUT2D eigenvalue weighted by atomic mass is 32.5. The Hall–Kier alpha value is -3.61. The van der Waals surface area contributed by atoms with E-state index in [4.69, 9.17) is 9.47 Å². The van der Waals surface area contributed by atoms with Gasteiger partial charge in [0.1, 0.15) is 16.2 Å². The zero-order valence-corrected chi connectivity index (χ0v) is 27.6. The Morgan fingerprint density at radius 2 is 1.50 bits per heavy atom. The molecule has 1 saturated heterocycles. The van der Waals surface area contributed by atoms with Gasteiger partial charge in [-0.1, -0.05) is 61.0 Å². The molecule has 1 aliphatic heterocycles. The van der Waals surface area contributed by atoms with Crippen molar-refractivity contribution in [1.29, 1.82) is 0 Å². The minimum atomic E-state index is -9.81. The van der Waals surface area contributed by atoms with E-state index in [9.17, 15) is 29.0 Å². The highest BCUT2D eigenvalue weighted by molar-refractivity contribution is 8.45. The number of carbonyl (C=O) groups excluding carboxylic acids is 1. The second kappa shape index (κ2) is 14.4. The molecule has 1 amide bonds. The largest absolute Gasteiger partial charge is 0.444 e. The lowest BCUT2D eigenvalue weighted by molar-refractivity contribution is 0.0288. The Bertz CT molecular complexity index is 1420. The summed E-state index contributed by atoms with van der Waals surface area (Å²) in [6, 6.07) is 7.92. The van der Waals surface area contributed by atoms with Crippen molar-refractivity contribution in [3.05, 3.63) is 71.3 Å². The molecule has 0 bridgehead atoms. The van der Waals surface area contributed by atoms with Crippen LogP contribution in [0.2, 0.25) is 0 Å². The molecule has 0 N–H and O–H groups in total. The first-order valence-corrected chi connectivity index (χ1v) is 16.5. The molecular formula is C31H44F5N3O4S. The van der Waals surface area contributed by atoms with Crippen LogP contribution in [-0.2, 0) is 4.74 Å². The molecule has 13 heteroatoms. The van der Waals surface area contributed by atoms with Gasteiger partial charge in [0.15, 0.2) is 0 Å². The van der Waals surface area contributed by atoms with Crippen LogP contribution in [0, 0.1) is 0 Å². The summed E-state index contributed by atoms with van der Waals surface area (Å²) >= 11 is 0. The van der Waals surface area contributed by atoms with Crippen LogP contribution < -0.4 is 10.3 Å². The fraction of sp³-hybridized carbons (Fsp3) is 0.452. The van der Waals surface area contributed by atoms with Gasteiger partial charge >= 0.3 is 16.3 Å². The topological polar surface area (TPSA) is 73.7 Å². The van der Waals surface area contributed by atoms with E-state index in [1.165, 1.54) is 21.7 Å². The van der Waals surface area contributed by atoms with E-state index in [1.54, 1.807) is 45.2 Å². The summed E-state index contributed by atoms with van der Waals surface area (Å²) in [5.74, 6) is -0.132. The number of nitrogens with zero attached hydrogens (tertiary/aromatic N) is 3. The third-order valence-corrected chi connectivity index (χ3v) is 6.88. The summed E-state index contributed by atoms with van der Waals surface area (Å²) in [4.78, 5) is 28.7. The lowest BCUT2D eigenvalue weighted by Crippen LogP contribution is -2.36. The third-order valence-electron chi connectivity index (χ3n) is 5.71. The molecule has 2 aromatic heterocycles. The van der Waals surface area contributed by atoms with Crippen LogP contribution in [0.3, 0.4) is 0 Å². The van der Waals surface area contributed by atoms with Crippen molar-refractivity contribution in [2.75, 3.05) is 13.1 Å². The van der Waals surface area contributed by atoms with E-state index in [0.717, 1.165) is 12.1 Å². The Morgan fingerprint density at radius 1 is 0.909 bits per heavy atom. The maximum absolute atomic E-state index is 13.0. The molecule has 44 heavy (non-hydrogen) atoms. The van der Waals surface area contributed by atoms with Gasteiger partial charge in [0, 0.05) is 42.7 Å². The number of carbonyl (C=O) groups is 1. The molecule has 0 saturated carbocycles. The van der Waals surface area contributed by atoms with E-state index in [0.29, 0.717) is 24.1 Å². The van der Waals surface area contributed by atoms with Crippen LogP contribution >= 0.6 is 10.2 Å². The van der Waals surface area contributed by atoms with Gasteiger partial charge in [0.05, 0.1) is 6.04 Å². The maximum atomic E-state index is 13.0. The number of hydrogen-bond acceptors (Lipinski definition) is 5. The zero-order valence-electron chi connectivity index (χ0n) is 26.7. The van der Waals surface area contributed by atoms with E-state index in [-0.39, 0.29) is 41.9 Å². The predicted molar refractivity (Wildman–Crippen MR) is 167 cm³/mol. The predicted octanol–water partition coefficient (Wildman–Crippen LogP) is 10.6. The molecule has 1 aliphatic rings. The first-order valence-electron chi connectivity index (χ1n) is 14.6. The molecule has 1 fully saturated rings. The number of benzene rings is 1. The summed E-state index contributed by atoms with van der Waals surface area (Å²) in [6.07, 6.45) is 3.04. The minimum Gasteiger partial charge on any atom is -0.444 e. The normalized spacial score (nSPS) is 16.0. The zero-order chi connectivity index (χ0) is 34.0. The van der Waals surface area contributed by atoms with E-state index in [1.807, 2.05) is 41.5 Å². The maximum Gasteiger partial charge on any atom is 0.410 e. The molecule has 7 nitrogen and oxygen atoms in total. The fourth-order valence-corrected chi connectivity index (χ4v) is 4.63. The van der Waals surface area contributed by atoms with Crippen LogP contribution in [0.15, 0.2) is 70.6 Å². The van der Waals surface area contributed by atoms with Crippen LogP contribution in [0.4, 0.5) is 24.2 Å². The first kappa shape index (κ1) is 38.4. The van der Waals surface area contributed by atoms with E-state index in [2.05, 4.69) is 4.98 Å². The van der Waals surface area contributed by atoms with Crippen molar-refractivity contribution in [2.24, 2.45) is 0 Å². The third kappa shape index (κ3) is 10.8. The molecule has 0 aliphatic carbocycles. The molecule has 0 radical (unpaired) electrons. The van der Waals surface area contributed by atoms with Crippen molar-refractivity contribution in [3.8, 4) is 22.8 Å². The summed E-state index contributed by atoms with van der Waals surface area (Å²) in [5, 5.41) is 0. The molecular weight excluding hydrogens is 605 g/mol. The number of likely N-dealkylation sites (tertiary alicyclic amines) is 1. The lowest BCUT2D eigenvalue weighted by atomic mass is 10.1. The van der Waals surface area contributed by atoms with Crippen LogP contribution in [0.1, 0.15) is 74.8 Å². The standard InChI is InChI=1S/C25H26F5N3O4S.3C2H6/c1-25(2,3)37-24(35)32-14-12-18(16-32)33-15-17(6-11-22(33)34)21-5-4-13-31-23(21)36-19-7-9-20(10-8-19)38(26,27,28,29)30;3*1-2/h4-11,13,15,18H,12,14,16H2,1-3H3;3*1-2H3. The molecule has 3 aromatic rings. The van der Waals surface area contributed by atoms with Gasteiger partial charge in [-0.25, -0.2) is 9.78 Å². The molecule has 1 atom stereocenters.